The molecule has 0 spiro atoms. The molecule has 3 aromatic rings. The number of aliphatic hydroxyl groups excluding tert-OH is 2. The first-order valence-corrected chi connectivity index (χ1v) is 9.46. The van der Waals surface area contributed by atoms with E-state index in [0.29, 0.717) is 6.61 Å². The lowest BCUT2D eigenvalue weighted by atomic mass is 10.1. The average Bonchev–Trinajstić information content (AvgIpc) is 2.72. The summed E-state index contributed by atoms with van der Waals surface area (Å²) in [6, 6.07) is 25.2. The number of rotatable bonds is 8. The van der Waals surface area contributed by atoms with Gasteiger partial charge in [-0.3, -0.25) is 0 Å². The molecule has 0 aliphatic rings. The van der Waals surface area contributed by atoms with Crippen LogP contribution in [0.1, 0.15) is 16.7 Å². The van der Waals surface area contributed by atoms with Crippen LogP contribution in [-0.2, 0) is 11.3 Å². The number of ether oxygens (including phenoxy) is 1. The average molecular weight is 377 g/mol. The first-order valence-electron chi connectivity index (χ1n) is 9.46. The fourth-order valence-electron chi connectivity index (χ4n) is 2.94. The van der Waals surface area contributed by atoms with Crippen molar-refractivity contribution in [3.8, 4) is 0 Å². The predicted molar refractivity (Wildman–Crippen MR) is 113 cm³/mol. The molecule has 0 heterocycles. The second kappa shape index (κ2) is 9.51. The summed E-state index contributed by atoms with van der Waals surface area (Å²) in [4.78, 5) is 2.22. The Labute approximate surface area is 166 Å². The molecule has 0 radical (unpaired) electrons. The molecule has 0 bridgehead atoms. The minimum Gasteiger partial charge on any atom is -0.394 e. The second-order valence-corrected chi connectivity index (χ2v) is 7.02. The standard InChI is InChI=1S/C24H27NO3/c1-18-3-9-21(10-4-18)25(22-11-5-19(2)6-12-22)23-13-7-20(8-14-23)16-28-17-24(27)15-26/h3-14,24,26-27H,15-17H2,1-2H3. The van der Waals surface area contributed by atoms with Gasteiger partial charge in [0.15, 0.2) is 0 Å². The van der Waals surface area contributed by atoms with Gasteiger partial charge in [-0.25, -0.2) is 0 Å². The van der Waals surface area contributed by atoms with Gasteiger partial charge < -0.3 is 19.8 Å². The third-order valence-corrected chi connectivity index (χ3v) is 4.57. The van der Waals surface area contributed by atoms with Gasteiger partial charge >= 0.3 is 0 Å². The fraction of sp³-hybridized carbons (Fsp3) is 0.250. The van der Waals surface area contributed by atoms with Gasteiger partial charge in [0.2, 0.25) is 0 Å². The molecular weight excluding hydrogens is 350 g/mol. The highest BCUT2D eigenvalue weighted by Gasteiger charge is 2.12. The number of benzene rings is 3. The molecule has 4 nitrogen and oxygen atoms in total. The van der Waals surface area contributed by atoms with Crippen molar-refractivity contribution in [2.45, 2.75) is 26.6 Å². The zero-order chi connectivity index (χ0) is 19.9. The molecule has 3 aromatic carbocycles. The van der Waals surface area contributed by atoms with E-state index < -0.39 is 6.10 Å². The van der Waals surface area contributed by atoms with Crippen LogP contribution in [-0.4, -0.2) is 29.5 Å². The Bertz CT molecular complexity index is 812. The Kier molecular flexibility index (Phi) is 6.82. The van der Waals surface area contributed by atoms with E-state index in [4.69, 9.17) is 9.84 Å². The predicted octanol–water partition coefficient (Wildman–Crippen LogP) is 4.64. The second-order valence-electron chi connectivity index (χ2n) is 7.02. The molecule has 28 heavy (non-hydrogen) atoms. The molecule has 0 saturated carbocycles. The van der Waals surface area contributed by atoms with Gasteiger partial charge in [-0.1, -0.05) is 47.5 Å². The SMILES string of the molecule is Cc1ccc(N(c2ccc(C)cc2)c2ccc(COCC(O)CO)cc2)cc1. The van der Waals surface area contributed by atoms with Crippen LogP contribution >= 0.6 is 0 Å². The monoisotopic (exact) mass is 377 g/mol. The van der Waals surface area contributed by atoms with Crippen molar-refractivity contribution in [2.75, 3.05) is 18.1 Å². The Morgan fingerprint density at radius 2 is 1.18 bits per heavy atom. The first kappa shape index (κ1) is 20.1. The van der Waals surface area contributed by atoms with Gasteiger partial charge in [-0.15, -0.1) is 0 Å². The number of aliphatic hydroxyl groups is 2. The zero-order valence-corrected chi connectivity index (χ0v) is 16.4. The summed E-state index contributed by atoms with van der Waals surface area (Å²) < 4.78 is 5.44. The van der Waals surface area contributed by atoms with Crippen molar-refractivity contribution in [3.63, 3.8) is 0 Å². The Hall–Kier alpha value is -2.66. The van der Waals surface area contributed by atoms with Gasteiger partial charge in [0.05, 0.1) is 19.8 Å². The quantitative estimate of drug-likeness (QED) is 0.600. The van der Waals surface area contributed by atoms with Crippen LogP contribution in [0.3, 0.4) is 0 Å². The lowest BCUT2D eigenvalue weighted by Crippen LogP contribution is -2.19. The number of aryl methyl sites for hydroxylation is 2. The Morgan fingerprint density at radius 1 is 0.750 bits per heavy atom. The van der Waals surface area contributed by atoms with E-state index in [2.05, 4.69) is 79.4 Å². The van der Waals surface area contributed by atoms with Crippen LogP contribution in [0.25, 0.3) is 0 Å². The molecule has 2 N–H and O–H groups in total. The number of anilines is 3. The van der Waals surface area contributed by atoms with Crippen molar-refractivity contribution in [1.29, 1.82) is 0 Å². The highest BCUT2D eigenvalue weighted by atomic mass is 16.5. The van der Waals surface area contributed by atoms with Gasteiger partial charge in [0, 0.05) is 17.1 Å². The molecule has 1 atom stereocenters. The third-order valence-electron chi connectivity index (χ3n) is 4.57. The fourth-order valence-corrected chi connectivity index (χ4v) is 2.94. The molecule has 3 rings (SSSR count). The minimum atomic E-state index is -0.835. The smallest absolute Gasteiger partial charge is 0.100 e. The summed E-state index contributed by atoms with van der Waals surface area (Å²) in [6.45, 7) is 4.40. The molecule has 0 aliphatic heterocycles. The van der Waals surface area contributed by atoms with Crippen molar-refractivity contribution in [1.82, 2.24) is 0 Å². The summed E-state index contributed by atoms with van der Waals surface area (Å²) in [5.74, 6) is 0. The van der Waals surface area contributed by atoms with Crippen LogP contribution in [0.15, 0.2) is 72.8 Å². The molecule has 0 aromatic heterocycles. The molecule has 4 heteroatoms. The van der Waals surface area contributed by atoms with E-state index in [0.717, 1.165) is 22.6 Å². The largest absolute Gasteiger partial charge is 0.394 e. The third kappa shape index (κ3) is 5.20. The van der Waals surface area contributed by atoms with Crippen LogP contribution in [0.5, 0.6) is 0 Å². The maximum atomic E-state index is 9.36. The summed E-state index contributed by atoms with van der Waals surface area (Å²) in [7, 11) is 0. The van der Waals surface area contributed by atoms with Gasteiger partial charge in [0.25, 0.3) is 0 Å². The van der Waals surface area contributed by atoms with Crippen molar-refractivity contribution < 1.29 is 14.9 Å². The highest BCUT2D eigenvalue weighted by molar-refractivity contribution is 5.76. The van der Waals surface area contributed by atoms with E-state index in [9.17, 15) is 5.11 Å². The molecule has 146 valence electrons. The van der Waals surface area contributed by atoms with Crippen molar-refractivity contribution >= 4 is 17.1 Å². The lowest BCUT2D eigenvalue weighted by Gasteiger charge is -2.26. The minimum absolute atomic E-state index is 0.122. The summed E-state index contributed by atoms with van der Waals surface area (Å²) >= 11 is 0. The van der Waals surface area contributed by atoms with Crippen LogP contribution in [0, 0.1) is 13.8 Å². The topological polar surface area (TPSA) is 52.9 Å². The van der Waals surface area contributed by atoms with Crippen LogP contribution in [0.2, 0.25) is 0 Å². The zero-order valence-electron chi connectivity index (χ0n) is 16.4. The normalized spacial score (nSPS) is 12.0. The van der Waals surface area contributed by atoms with E-state index in [1.165, 1.54) is 11.1 Å². The summed E-state index contributed by atoms with van der Waals surface area (Å²) in [6.07, 6.45) is -0.835. The molecule has 1 unspecified atom stereocenters. The number of hydrogen-bond donors (Lipinski definition) is 2. The van der Waals surface area contributed by atoms with E-state index >= 15 is 0 Å². The Morgan fingerprint density at radius 3 is 1.61 bits per heavy atom. The van der Waals surface area contributed by atoms with E-state index in [1.807, 2.05) is 12.1 Å². The molecule has 0 amide bonds. The van der Waals surface area contributed by atoms with E-state index in [-0.39, 0.29) is 13.2 Å². The Balaban J connectivity index is 1.84. The maximum absolute atomic E-state index is 9.36. The van der Waals surface area contributed by atoms with Crippen LogP contribution in [0.4, 0.5) is 17.1 Å². The van der Waals surface area contributed by atoms with Gasteiger partial charge in [-0.2, -0.15) is 0 Å². The number of hydrogen-bond acceptors (Lipinski definition) is 4. The van der Waals surface area contributed by atoms with Gasteiger partial charge in [0.1, 0.15) is 6.10 Å². The van der Waals surface area contributed by atoms with Crippen LogP contribution < -0.4 is 4.90 Å². The highest BCUT2D eigenvalue weighted by Crippen LogP contribution is 2.34. The van der Waals surface area contributed by atoms with Crippen molar-refractivity contribution in [3.05, 3.63) is 89.5 Å². The molecule has 0 saturated heterocycles. The van der Waals surface area contributed by atoms with E-state index in [1.54, 1.807) is 0 Å². The van der Waals surface area contributed by atoms with Crippen molar-refractivity contribution in [2.24, 2.45) is 0 Å². The summed E-state index contributed by atoms with van der Waals surface area (Å²) in [5.41, 5.74) is 6.73. The number of nitrogens with zero attached hydrogens (tertiary/aromatic N) is 1. The van der Waals surface area contributed by atoms with Gasteiger partial charge in [-0.05, 0) is 55.8 Å². The lowest BCUT2D eigenvalue weighted by molar-refractivity contribution is 0.0000273. The maximum Gasteiger partial charge on any atom is 0.100 e. The molecular formula is C24H27NO3. The molecule has 0 fully saturated rings. The summed E-state index contributed by atoms with van der Waals surface area (Å²) in [5, 5.41) is 18.2. The first-order chi connectivity index (χ1) is 13.6. The molecule has 0 aliphatic carbocycles.